The van der Waals surface area contributed by atoms with Crippen molar-refractivity contribution in [2.24, 2.45) is 0 Å². The number of amides is 1. The van der Waals surface area contributed by atoms with Crippen LogP contribution in [0.3, 0.4) is 0 Å². The fraction of sp³-hybridized carbons (Fsp3) is 0.100. The maximum atomic E-state index is 12.5. The van der Waals surface area contributed by atoms with E-state index in [-0.39, 0.29) is 57.3 Å². The van der Waals surface area contributed by atoms with Gasteiger partial charge in [0.1, 0.15) is 5.82 Å². The van der Waals surface area contributed by atoms with Gasteiger partial charge in [0.05, 0.1) is 5.02 Å². The molecule has 0 aliphatic rings. The molecule has 3 rings (SSSR count). The molecule has 3 aromatic rings. The maximum absolute atomic E-state index is 12.5. The molecule has 0 saturated carbocycles. The Morgan fingerprint density at radius 2 is 1.81 bits per heavy atom. The maximum Gasteiger partial charge on any atom is 1.00 e. The largest absolute Gasteiger partial charge is 1.00 e. The number of hydrogen-bond acceptors (Lipinski definition) is 2. The topological polar surface area (TPSA) is 56.1 Å². The van der Waals surface area contributed by atoms with Crippen molar-refractivity contribution >= 4 is 29.0 Å². The van der Waals surface area contributed by atoms with Gasteiger partial charge in [-0.05, 0) is 19.1 Å². The van der Waals surface area contributed by atoms with Gasteiger partial charge in [-0.1, -0.05) is 71.3 Å². The number of aromatic nitrogens is 1. The van der Waals surface area contributed by atoms with Gasteiger partial charge < -0.3 is 10.6 Å². The van der Waals surface area contributed by atoms with Crippen molar-refractivity contribution in [2.75, 3.05) is 5.32 Å². The number of pyridine rings is 1. The van der Waals surface area contributed by atoms with E-state index in [9.17, 15) is 4.79 Å². The zero-order valence-corrected chi connectivity index (χ0v) is 18.6. The van der Waals surface area contributed by atoms with E-state index < -0.39 is 0 Å². The van der Waals surface area contributed by atoms with E-state index in [1.165, 1.54) is 11.8 Å². The molecule has 0 aliphatic heterocycles. The van der Waals surface area contributed by atoms with Gasteiger partial charge in [-0.15, -0.1) is 12.2 Å². The van der Waals surface area contributed by atoms with E-state index in [2.05, 4.69) is 27.8 Å². The number of nitrogens with zero attached hydrogens (tertiary/aromatic N) is 2. The summed E-state index contributed by atoms with van der Waals surface area (Å²) in [4.78, 5) is 16.6. The molecular formula is C20H17ClKN3O. The van der Waals surface area contributed by atoms with Gasteiger partial charge >= 0.3 is 51.4 Å². The number of para-hydroxylation sites is 1. The molecule has 4 nitrogen and oxygen atoms in total. The van der Waals surface area contributed by atoms with Crippen molar-refractivity contribution in [2.45, 2.75) is 13.5 Å². The smallest absolute Gasteiger partial charge is 0.680 e. The van der Waals surface area contributed by atoms with Crippen molar-refractivity contribution in [1.29, 1.82) is 0 Å². The molecule has 126 valence electrons. The molecule has 0 bridgehead atoms. The van der Waals surface area contributed by atoms with E-state index in [1.54, 1.807) is 18.2 Å². The summed E-state index contributed by atoms with van der Waals surface area (Å²) in [5.74, 6) is 0.195. The second-order valence-electron chi connectivity index (χ2n) is 5.63. The first kappa shape index (κ1) is 21.1. The predicted molar refractivity (Wildman–Crippen MR) is 102 cm³/mol. The minimum atomic E-state index is -0.252. The second kappa shape index (κ2) is 10.2. The quantitative estimate of drug-likeness (QED) is 0.681. The molecule has 2 aromatic carbocycles. The Hall–Kier alpha value is -1.21. The zero-order chi connectivity index (χ0) is 17.6. The summed E-state index contributed by atoms with van der Waals surface area (Å²) in [7, 11) is 0. The molecule has 0 unspecified atom stereocenters. The Morgan fingerprint density at radius 1 is 1.08 bits per heavy atom. The van der Waals surface area contributed by atoms with Crippen LogP contribution >= 0.6 is 11.6 Å². The van der Waals surface area contributed by atoms with Crippen molar-refractivity contribution < 1.29 is 56.2 Å². The Balaban J connectivity index is 0.00000243. The molecular weight excluding hydrogens is 373 g/mol. The summed E-state index contributed by atoms with van der Waals surface area (Å²) in [6.45, 7) is 2.56. The van der Waals surface area contributed by atoms with Crippen LogP contribution in [-0.2, 0) is 6.54 Å². The molecule has 0 spiro atoms. The average Bonchev–Trinajstić information content (AvgIpc) is 2.63. The number of hydrogen-bond donors (Lipinski definition) is 1. The molecule has 0 radical (unpaired) electrons. The van der Waals surface area contributed by atoms with Crippen LogP contribution in [0.4, 0.5) is 11.5 Å². The Bertz CT molecular complexity index is 867. The summed E-state index contributed by atoms with van der Waals surface area (Å²) < 4.78 is 0. The average molecular weight is 390 g/mol. The van der Waals surface area contributed by atoms with E-state index in [1.807, 2.05) is 37.3 Å². The molecule has 1 N–H and O–H groups in total. The van der Waals surface area contributed by atoms with Crippen LogP contribution in [0.1, 0.15) is 21.5 Å². The first-order valence-electron chi connectivity index (χ1n) is 7.87. The van der Waals surface area contributed by atoms with Crippen molar-refractivity contribution in [3.8, 4) is 0 Å². The fourth-order valence-corrected chi connectivity index (χ4v) is 2.42. The van der Waals surface area contributed by atoms with Crippen LogP contribution in [0.25, 0.3) is 5.32 Å². The van der Waals surface area contributed by atoms with E-state index >= 15 is 0 Å². The SMILES string of the molecule is Cc1ccc(C[N-]c2ccccc2C(=O)Nc2ccc(Cl)cn2)cc1.[K+]. The summed E-state index contributed by atoms with van der Waals surface area (Å²) in [6.07, 6.45) is 1.49. The summed E-state index contributed by atoms with van der Waals surface area (Å²) in [6, 6.07) is 18.8. The van der Waals surface area contributed by atoms with Crippen LogP contribution < -0.4 is 56.7 Å². The summed E-state index contributed by atoms with van der Waals surface area (Å²) in [5.41, 5.74) is 3.46. The Morgan fingerprint density at radius 3 is 2.50 bits per heavy atom. The molecule has 1 amide bonds. The second-order valence-corrected chi connectivity index (χ2v) is 6.07. The van der Waals surface area contributed by atoms with E-state index in [0.717, 1.165) is 5.56 Å². The fourth-order valence-electron chi connectivity index (χ4n) is 2.31. The van der Waals surface area contributed by atoms with E-state index in [4.69, 9.17) is 11.6 Å². The third-order valence-corrected chi connectivity index (χ3v) is 3.89. The molecule has 0 fully saturated rings. The van der Waals surface area contributed by atoms with Gasteiger partial charge in [0.15, 0.2) is 0 Å². The van der Waals surface area contributed by atoms with Crippen LogP contribution in [0, 0.1) is 6.92 Å². The van der Waals surface area contributed by atoms with Gasteiger partial charge in [-0.2, -0.15) is 0 Å². The van der Waals surface area contributed by atoms with Crippen LogP contribution in [-0.4, -0.2) is 10.9 Å². The first-order valence-corrected chi connectivity index (χ1v) is 8.24. The monoisotopic (exact) mass is 389 g/mol. The normalized spacial score (nSPS) is 9.92. The predicted octanol–water partition coefficient (Wildman–Crippen LogP) is 2.51. The molecule has 1 aromatic heterocycles. The standard InChI is InChI=1S/C20H18ClN3O.K/c1-14-6-8-15(9-7-14)12-22-18-5-3-2-4-17(18)20(25)24-19-11-10-16(21)13-23-19;/h2-11,13H,12H2,1H3,(H2,22,23,24,25);/q;+1/p-1. The number of carbonyl (C=O) groups excluding carboxylic acids is 1. The minimum Gasteiger partial charge on any atom is -0.680 e. The number of aryl methyl sites for hydroxylation is 1. The minimum absolute atomic E-state index is 0. The number of halogens is 1. The molecule has 0 atom stereocenters. The third-order valence-electron chi connectivity index (χ3n) is 3.67. The number of anilines is 1. The van der Waals surface area contributed by atoms with Crippen LogP contribution in [0.15, 0.2) is 66.9 Å². The van der Waals surface area contributed by atoms with E-state index in [0.29, 0.717) is 28.6 Å². The van der Waals surface area contributed by atoms with Gasteiger partial charge in [0.2, 0.25) is 0 Å². The molecule has 0 saturated heterocycles. The van der Waals surface area contributed by atoms with Crippen LogP contribution in [0.2, 0.25) is 5.02 Å². The third kappa shape index (κ3) is 5.91. The number of nitrogens with one attached hydrogen (secondary N) is 1. The first-order chi connectivity index (χ1) is 12.1. The Kier molecular flexibility index (Phi) is 8.28. The Labute approximate surface area is 200 Å². The van der Waals surface area contributed by atoms with Gasteiger partial charge in [-0.3, -0.25) is 4.79 Å². The van der Waals surface area contributed by atoms with Gasteiger partial charge in [0, 0.05) is 11.8 Å². The number of rotatable bonds is 5. The molecule has 6 heteroatoms. The number of benzene rings is 2. The van der Waals surface area contributed by atoms with Crippen LogP contribution in [0.5, 0.6) is 0 Å². The van der Waals surface area contributed by atoms with Crippen molar-refractivity contribution in [1.82, 2.24) is 4.98 Å². The molecule has 0 aliphatic carbocycles. The van der Waals surface area contributed by atoms with Gasteiger partial charge in [0.25, 0.3) is 5.91 Å². The number of carbonyl (C=O) groups is 1. The molecule has 26 heavy (non-hydrogen) atoms. The zero-order valence-electron chi connectivity index (χ0n) is 14.7. The summed E-state index contributed by atoms with van der Waals surface area (Å²) >= 11 is 5.81. The van der Waals surface area contributed by atoms with Crippen molar-refractivity contribution in [3.63, 3.8) is 0 Å². The van der Waals surface area contributed by atoms with Crippen molar-refractivity contribution in [3.05, 3.63) is 93.9 Å². The summed E-state index contributed by atoms with van der Waals surface area (Å²) in [5, 5.41) is 7.86. The molecule has 1 heterocycles. The van der Waals surface area contributed by atoms with Gasteiger partial charge in [-0.25, -0.2) is 4.98 Å².